The molecule has 7 heteroatoms. The van der Waals surface area contributed by atoms with Crippen LogP contribution in [0.4, 0.5) is 11.4 Å². The summed E-state index contributed by atoms with van der Waals surface area (Å²) in [4.78, 5) is 26.5. The number of anilines is 2. The molecule has 1 aliphatic rings. The predicted molar refractivity (Wildman–Crippen MR) is 125 cm³/mol. The Labute approximate surface area is 188 Å². The summed E-state index contributed by atoms with van der Waals surface area (Å²) in [6.45, 7) is 2.70. The van der Waals surface area contributed by atoms with E-state index in [1.165, 1.54) is 44.0 Å². The lowest BCUT2D eigenvalue weighted by Crippen LogP contribution is -2.36. The van der Waals surface area contributed by atoms with E-state index in [0.29, 0.717) is 23.0 Å². The van der Waals surface area contributed by atoms with Gasteiger partial charge in [-0.15, -0.1) is 0 Å². The second-order valence-electron chi connectivity index (χ2n) is 7.73. The zero-order valence-corrected chi connectivity index (χ0v) is 18.7. The van der Waals surface area contributed by atoms with Crippen LogP contribution in [0.2, 0.25) is 5.02 Å². The fourth-order valence-corrected chi connectivity index (χ4v) is 3.97. The van der Waals surface area contributed by atoms with E-state index < -0.39 is 11.8 Å². The molecule has 0 saturated carbocycles. The van der Waals surface area contributed by atoms with Crippen LogP contribution in [-0.2, 0) is 16.0 Å². The second kappa shape index (κ2) is 11.6. The highest BCUT2D eigenvalue weighted by Gasteiger charge is 2.14. The number of carbonyl (C=O) groups excluding carboxylic acids is 2. The van der Waals surface area contributed by atoms with Crippen LogP contribution in [0.1, 0.15) is 37.7 Å². The number of nitrogens with one attached hydrogen (secondary N) is 2. The Morgan fingerprint density at radius 3 is 2.35 bits per heavy atom. The van der Waals surface area contributed by atoms with E-state index in [2.05, 4.69) is 39.8 Å². The average molecular weight is 444 g/mol. The first-order valence-electron chi connectivity index (χ1n) is 10.8. The summed E-state index contributed by atoms with van der Waals surface area (Å²) in [5.74, 6) is -0.880. The molecule has 1 saturated heterocycles. The summed E-state index contributed by atoms with van der Waals surface area (Å²) in [6, 6.07) is 13.5. The van der Waals surface area contributed by atoms with Crippen LogP contribution < -0.4 is 20.3 Å². The average Bonchev–Trinajstić information content (AvgIpc) is 3.07. The number of benzene rings is 2. The number of amides is 2. The number of hydrogen-bond donors (Lipinski definition) is 2. The van der Waals surface area contributed by atoms with Crippen LogP contribution in [0.3, 0.4) is 0 Å². The molecule has 0 atom stereocenters. The van der Waals surface area contributed by atoms with Gasteiger partial charge in [0.1, 0.15) is 5.75 Å². The fraction of sp³-hybridized carbons (Fsp3) is 0.417. The molecule has 3 rings (SSSR count). The second-order valence-corrected chi connectivity index (χ2v) is 8.14. The summed E-state index contributed by atoms with van der Waals surface area (Å²) >= 11 is 6.03. The summed E-state index contributed by atoms with van der Waals surface area (Å²) < 4.78 is 5.07. The number of methoxy groups -OCH3 is 1. The Morgan fingerprint density at radius 1 is 1.00 bits per heavy atom. The number of halogens is 1. The monoisotopic (exact) mass is 443 g/mol. The van der Waals surface area contributed by atoms with E-state index in [-0.39, 0.29) is 0 Å². The Hall–Kier alpha value is -2.73. The first-order chi connectivity index (χ1) is 15.1. The minimum atomic E-state index is -0.719. The van der Waals surface area contributed by atoms with Gasteiger partial charge in [-0.3, -0.25) is 9.59 Å². The number of carbonyl (C=O) groups is 2. The van der Waals surface area contributed by atoms with Gasteiger partial charge in [-0.1, -0.05) is 36.6 Å². The van der Waals surface area contributed by atoms with E-state index in [9.17, 15) is 9.59 Å². The van der Waals surface area contributed by atoms with Crippen molar-refractivity contribution in [1.82, 2.24) is 5.32 Å². The standard InChI is InChI=1S/C24H30ClN3O3/c1-31-22-13-10-19(17-21(22)25)27-24(30)23(29)26-14-6-7-18-8-11-20(12-9-18)28-15-4-2-3-5-16-28/h8-13,17H,2-7,14-16H2,1H3,(H,26,29)(H,27,30). The van der Waals surface area contributed by atoms with Gasteiger partial charge in [-0.2, -0.15) is 0 Å². The summed E-state index contributed by atoms with van der Waals surface area (Å²) in [5.41, 5.74) is 2.95. The summed E-state index contributed by atoms with van der Waals surface area (Å²) in [7, 11) is 1.51. The van der Waals surface area contributed by atoms with Crippen molar-refractivity contribution in [1.29, 1.82) is 0 Å². The molecule has 2 aromatic rings. The van der Waals surface area contributed by atoms with Crippen molar-refractivity contribution in [2.45, 2.75) is 38.5 Å². The molecule has 0 aliphatic carbocycles. The normalized spacial score (nSPS) is 13.9. The molecule has 0 spiro atoms. The highest BCUT2D eigenvalue weighted by atomic mass is 35.5. The van der Waals surface area contributed by atoms with E-state index >= 15 is 0 Å². The zero-order valence-electron chi connectivity index (χ0n) is 18.0. The van der Waals surface area contributed by atoms with Crippen molar-refractivity contribution in [3.8, 4) is 5.75 Å². The minimum Gasteiger partial charge on any atom is -0.495 e. The third kappa shape index (κ3) is 6.89. The van der Waals surface area contributed by atoms with Crippen molar-refractivity contribution in [3.05, 3.63) is 53.1 Å². The molecule has 166 valence electrons. The first-order valence-corrected chi connectivity index (χ1v) is 11.2. The zero-order chi connectivity index (χ0) is 22.1. The van der Waals surface area contributed by atoms with Crippen LogP contribution in [0.15, 0.2) is 42.5 Å². The Balaban J connectivity index is 1.39. The molecule has 1 heterocycles. The van der Waals surface area contributed by atoms with Gasteiger partial charge in [0.15, 0.2) is 0 Å². The maximum atomic E-state index is 12.1. The molecule has 0 bridgehead atoms. The van der Waals surface area contributed by atoms with Gasteiger partial charge in [0.2, 0.25) is 0 Å². The molecule has 0 aromatic heterocycles. The van der Waals surface area contributed by atoms with Gasteiger partial charge in [0.05, 0.1) is 12.1 Å². The quantitative estimate of drug-likeness (QED) is 0.491. The lowest BCUT2D eigenvalue weighted by atomic mass is 10.1. The van der Waals surface area contributed by atoms with Crippen molar-refractivity contribution < 1.29 is 14.3 Å². The van der Waals surface area contributed by atoms with Crippen molar-refractivity contribution >= 4 is 34.8 Å². The SMILES string of the molecule is COc1ccc(NC(=O)C(=O)NCCCc2ccc(N3CCCCCC3)cc2)cc1Cl. The number of ether oxygens (including phenoxy) is 1. The van der Waals surface area contributed by atoms with E-state index in [0.717, 1.165) is 25.9 Å². The smallest absolute Gasteiger partial charge is 0.313 e. The van der Waals surface area contributed by atoms with Crippen molar-refractivity contribution in [2.75, 3.05) is 37.0 Å². The Morgan fingerprint density at radius 2 is 1.71 bits per heavy atom. The van der Waals surface area contributed by atoms with E-state index in [4.69, 9.17) is 16.3 Å². The van der Waals surface area contributed by atoms with Gasteiger partial charge in [0, 0.05) is 31.0 Å². The lowest BCUT2D eigenvalue weighted by Gasteiger charge is -2.22. The molecule has 0 radical (unpaired) electrons. The summed E-state index contributed by atoms with van der Waals surface area (Å²) in [6.07, 6.45) is 6.78. The van der Waals surface area contributed by atoms with Gasteiger partial charge in [0.25, 0.3) is 0 Å². The van der Waals surface area contributed by atoms with E-state index in [1.807, 2.05) is 0 Å². The molecule has 1 fully saturated rings. The van der Waals surface area contributed by atoms with Crippen molar-refractivity contribution in [3.63, 3.8) is 0 Å². The molecule has 31 heavy (non-hydrogen) atoms. The van der Waals surface area contributed by atoms with Crippen LogP contribution in [-0.4, -0.2) is 38.6 Å². The first kappa shape index (κ1) is 22.9. The van der Waals surface area contributed by atoms with Gasteiger partial charge in [-0.25, -0.2) is 0 Å². The van der Waals surface area contributed by atoms with Crippen molar-refractivity contribution in [2.24, 2.45) is 0 Å². The molecular formula is C24H30ClN3O3. The Bertz CT molecular complexity index is 878. The third-order valence-electron chi connectivity index (χ3n) is 5.45. The Kier molecular flexibility index (Phi) is 8.59. The van der Waals surface area contributed by atoms with Gasteiger partial charge in [-0.05, 0) is 61.6 Å². The molecule has 0 unspecified atom stereocenters. The predicted octanol–water partition coefficient (Wildman–Crippen LogP) is 4.42. The molecule has 2 aromatic carbocycles. The van der Waals surface area contributed by atoms with Crippen LogP contribution >= 0.6 is 11.6 Å². The maximum absolute atomic E-state index is 12.1. The van der Waals surface area contributed by atoms with Gasteiger partial charge < -0.3 is 20.3 Å². The highest BCUT2D eigenvalue weighted by molar-refractivity contribution is 6.40. The molecule has 1 aliphatic heterocycles. The maximum Gasteiger partial charge on any atom is 0.313 e. The fourth-order valence-electron chi connectivity index (χ4n) is 3.71. The largest absolute Gasteiger partial charge is 0.495 e. The van der Waals surface area contributed by atoms with Crippen LogP contribution in [0.5, 0.6) is 5.75 Å². The van der Waals surface area contributed by atoms with Crippen LogP contribution in [0, 0.1) is 0 Å². The molecule has 2 amide bonds. The number of rotatable bonds is 7. The number of hydrogen-bond acceptors (Lipinski definition) is 4. The molecular weight excluding hydrogens is 414 g/mol. The summed E-state index contributed by atoms with van der Waals surface area (Å²) in [5, 5.41) is 5.57. The van der Waals surface area contributed by atoms with E-state index in [1.54, 1.807) is 18.2 Å². The molecule has 2 N–H and O–H groups in total. The number of aryl methyl sites for hydroxylation is 1. The minimum absolute atomic E-state index is 0.363. The number of nitrogens with zero attached hydrogens (tertiary/aromatic N) is 1. The van der Waals surface area contributed by atoms with Gasteiger partial charge >= 0.3 is 11.8 Å². The van der Waals surface area contributed by atoms with Crippen LogP contribution in [0.25, 0.3) is 0 Å². The lowest BCUT2D eigenvalue weighted by molar-refractivity contribution is -0.136. The third-order valence-corrected chi connectivity index (χ3v) is 5.75. The molecule has 6 nitrogen and oxygen atoms in total. The highest BCUT2D eigenvalue weighted by Crippen LogP contribution is 2.27. The topological polar surface area (TPSA) is 70.7 Å².